The number of carboxylic acid groups (broad SMARTS) is 1. The van der Waals surface area contributed by atoms with Crippen LogP contribution in [-0.2, 0) is 16.6 Å². The number of aromatic nitrogens is 2. The Bertz CT molecular complexity index is 522. The first-order valence-corrected chi connectivity index (χ1v) is 6.63. The molecule has 1 unspecified atom stereocenters. The highest BCUT2D eigenvalue weighted by Crippen LogP contribution is 2.13. The zero-order valence-corrected chi connectivity index (χ0v) is 12.5. The third kappa shape index (κ3) is 4.71. The predicted molar refractivity (Wildman–Crippen MR) is 77.2 cm³/mol. The summed E-state index contributed by atoms with van der Waals surface area (Å²) in [6.07, 6.45) is 1.51. The van der Waals surface area contributed by atoms with E-state index in [-0.39, 0.29) is 19.1 Å². The summed E-state index contributed by atoms with van der Waals surface area (Å²) in [7, 11) is 1.64. The summed E-state index contributed by atoms with van der Waals surface area (Å²) in [5.74, 6) is -1.46. The van der Waals surface area contributed by atoms with Crippen LogP contribution in [0.25, 0.3) is 0 Å². The van der Waals surface area contributed by atoms with Crippen LogP contribution >= 0.6 is 0 Å². The minimum Gasteiger partial charge on any atom is -0.480 e. The maximum Gasteiger partial charge on any atom is 0.328 e. The third-order valence-electron chi connectivity index (χ3n) is 2.85. The minimum atomic E-state index is -1.15. The SMILES string of the molecule is C=CCOCC(NC(=O)c1cc(C(C)C)nn1C)C(=O)O. The number of aliphatic carboxylic acids is 1. The van der Waals surface area contributed by atoms with Crippen molar-refractivity contribution in [2.45, 2.75) is 25.8 Å². The molecular weight excluding hydrogens is 274 g/mol. The van der Waals surface area contributed by atoms with Gasteiger partial charge < -0.3 is 15.2 Å². The van der Waals surface area contributed by atoms with Gasteiger partial charge in [-0.2, -0.15) is 5.10 Å². The molecule has 0 fully saturated rings. The predicted octanol–water partition coefficient (Wildman–Crippen LogP) is 0.929. The van der Waals surface area contributed by atoms with Gasteiger partial charge in [0.2, 0.25) is 0 Å². The van der Waals surface area contributed by atoms with E-state index in [9.17, 15) is 9.59 Å². The number of hydrogen-bond acceptors (Lipinski definition) is 4. The molecule has 21 heavy (non-hydrogen) atoms. The number of hydrogen-bond donors (Lipinski definition) is 2. The summed E-state index contributed by atoms with van der Waals surface area (Å²) >= 11 is 0. The summed E-state index contributed by atoms with van der Waals surface area (Å²) in [4.78, 5) is 23.3. The van der Waals surface area contributed by atoms with E-state index in [1.807, 2.05) is 13.8 Å². The van der Waals surface area contributed by atoms with Gasteiger partial charge in [-0.1, -0.05) is 19.9 Å². The van der Waals surface area contributed by atoms with E-state index >= 15 is 0 Å². The van der Waals surface area contributed by atoms with Crippen LogP contribution in [0.4, 0.5) is 0 Å². The third-order valence-corrected chi connectivity index (χ3v) is 2.85. The van der Waals surface area contributed by atoms with Crippen LogP contribution < -0.4 is 5.32 Å². The van der Waals surface area contributed by atoms with Gasteiger partial charge >= 0.3 is 5.97 Å². The van der Waals surface area contributed by atoms with Gasteiger partial charge in [0.05, 0.1) is 18.9 Å². The van der Waals surface area contributed by atoms with E-state index < -0.39 is 17.9 Å². The Hall–Kier alpha value is -2.15. The van der Waals surface area contributed by atoms with E-state index in [1.165, 1.54) is 10.8 Å². The van der Waals surface area contributed by atoms with Crippen LogP contribution in [0.5, 0.6) is 0 Å². The van der Waals surface area contributed by atoms with Crippen molar-refractivity contribution < 1.29 is 19.4 Å². The second kappa shape index (κ2) is 7.58. The summed E-state index contributed by atoms with van der Waals surface area (Å²) in [6, 6.07) is 0.540. The lowest BCUT2D eigenvalue weighted by Crippen LogP contribution is -2.44. The normalized spacial score (nSPS) is 12.2. The van der Waals surface area contributed by atoms with Crippen LogP contribution in [-0.4, -0.2) is 46.0 Å². The number of nitrogens with one attached hydrogen (secondary N) is 1. The molecule has 7 heteroatoms. The molecule has 0 aliphatic carbocycles. The second-order valence-electron chi connectivity index (χ2n) is 4.92. The lowest BCUT2D eigenvalue weighted by Gasteiger charge is -2.14. The topological polar surface area (TPSA) is 93.5 Å². The summed E-state index contributed by atoms with van der Waals surface area (Å²) < 4.78 is 6.52. The Morgan fingerprint density at radius 1 is 1.57 bits per heavy atom. The highest BCUT2D eigenvalue weighted by Gasteiger charge is 2.23. The van der Waals surface area contributed by atoms with Crippen LogP contribution in [0.1, 0.15) is 35.9 Å². The fourth-order valence-corrected chi connectivity index (χ4v) is 1.66. The first-order chi connectivity index (χ1) is 9.86. The zero-order chi connectivity index (χ0) is 16.0. The molecule has 0 saturated carbocycles. The molecule has 1 aromatic rings. The number of nitrogens with zero attached hydrogens (tertiary/aromatic N) is 2. The highest BCUT2D eigenvalue weighted by molar-refractivity contribution is 5.95. The minimum absolute atomic E-state index is 0.123. The Morgan fingerprint density at radius 2 is 2.24 bits per heavy atom. The molecule has 0 radical (unpaired) electrons. The molecule has 0 aliphatic rings. The Labute approximate surface area is 123 Å². The number of amides is 1. The number of aryl methyl sites for hydroxylation is 1. The van der Waals surface area contributed by atoms with Gasteiger partial charge in [0, 0.05) is 7.05 Å². The molecule has 7 nitrogen and oxygen atoms in total. The second-order valence-corrected chi connectivity index (χ2v) is 4.92. The van der Waals surface area contributed by atoms with Crippen molar-refractivity contribution in [3.8, 4) is 0 Å². The van der Waals surface area contributed by atoms with E-state index in [4.69, 9.17) is 9.84 Å². The molecule has 1 rings (SSSR count). The smallest absolute Gasteiger partial charge is 0.328 e. The largest absolute Gasteiger partial charge is 0.480 e. The van der Waals surface area contributed by atoms with Gasteiger partial charge in [-0.05, 0) is 12.0 Å². The lowest BCUT2D eigenvalue weighted by atomic mass is 10.1. The molecule has 1 amide bonds. The standard InChI is InChI=1S/C14H21N3O4/c1-5-6-21-8-11(14(19)20)15-13(18)12-7-10(9(2)3)16-17(12)4/h5,7,9,11H,1,6,8H2,2-4H3,(H,15,18)(H,19,20). The van der Waals surface area contributed by atoms with Crippen LogP contribution in [0.2, 0.25) is 0 Å². The lowest BCUT2D eigenvalue weighted by molar-refractivity contribution is -0.140. The van der Waals surface area contributed by atoms with Crippen LogP contribution in [0, 0.1) is 0 Å². The van der Waals surface area contributed by atoms with Gasteiger partial charge in [-0.3, -0.25) is 9.48 Å². The maximum absolute atomic E-state index is 12.1. The molecule has 0 aromatic carbocycles. The molecule has 2 N–H and O–H groups in total. The number of carboxylic acids is 1. The van der Waals surface area contributed by atoms with Gasteiger partial charge in [0.15, 0.2) is 6.04 Å². The number of carbonyl (C=O) groups excluding carboxylic acids is 1. The molecular formula is C14H21N3O4. The molecule has 0 spiro atoms. The molecule has 1 atom stereocenters. The summed E-state index contributed by atoms with van der Waals surface area (Å²) in [5.41, 5.74) is 1.09. The molecule has 116 valence electrons. The molecule has 0 aliphatic heterocycles. The first kappa shape index (κ1) is 16.9. The van der Waals surface area contributed by atoms with Crippen LogP contribution in [0.15, 0.2) is 18.7 Å². The number of ether oxygens (including phenoxy) is 1. The molecule has 0 bridgehead atoms. The van der Waals surface area contributed by atoms with Gasteiger partial charge in [-0.15, -0.1) is 6.58 Å². The van der Waals surface area contributed by atoms with Crippen molar-refractivity contribution in [3.05, 3.63) is 30.1 Å². The Morgan fingerprint density at radius 3 is 2.71 bits per heavy atom. The fraction of sp³-hybridized carbons (Fsp3) is 0.500. The fourth-order valence-electron chi connectivity index (χ4n) is 1.66. The van der Waals surface area contributed by atoms with Gasteiger partial charge in [0.25, 0.3) is 5.91 Å². The van der Waals surface area contributed by atoms with Crippen molar-refractivity contribution in [1.29, 1.82) is 0 Å². The van der Waals surface area contributed by atoms with E-state index in [0.717, 1.165) is 5.69 Å². The first-order valence-electron chi connectivity index (χ1n) is 6.63. The average molecular weight is 295 g/mol. The van der Waals surface area contributed by atoms with E-state index in [2.05, 4.69) is 17.0 Å². The summed E-state index contributed by atoms with van der Waals surface area (Å²) in [6.45, 7) is 7.50. The molecule has 1 aromatic heterocycles. The van der Waals surface area contributed by atoms with Crippen molar-refractivity contribution in [1.82, 2.24) is 15.1 Å². The molecule has 0 saturated heterocycles. The average Bonchev–Trinajstić information content (AvgIpc) is 2.80. The Kier molecular flexibility index (Phi) is 6.10. The van der Waals surface area contributed by atoms with Crippen LogP contribution in [0.3, 0.4) is 0 Å². The van der Waals surface area contributed by atoms with Gasteiger partial charge in [-0.25, -0.2) is 4.79 Å². The monoisotopic (exact) mass is 295 g/mol. The van der Waals surface area contributed by atoms with Crippen molar-refractivity contribution in [2.24, 2.45) is 7.05 Å². The van der Waals surface area contributed by atoms with Gasteiger partial charge in [0.1, 0.15) is 5.69 Å². The number of rotatable bonds is 8. The number of carbonyl (C=O) groups is 2. The quantitative estimate of drug-likeness (QED) is 0.549. The van der Waals surface area contributed by atoms with Crippen molar-refractivity contribution >= 4 is 11.9 Å². The summed E-state index contributed by atoms with van der Waals surface area (Å²) in [5, 5.41) is 15.7. The van der Waals surface area contributed by atoms with E-state index in [1.54, 1.807) is 13.1 Å². The zero-order valence-electron chi connectivity index (χ0n) is 12.5. The van der Waals surface area contributed by atoms with Crippen molar-refractivity contribution in [3.63, 3.8) is 0 Å². The molecule has 1 heterocycles. The Balaban J connectivity index is 2.77. The van der Waals surface area contributed by atoms with E-state index in [0.29, 0.717) is 5.69 Å². The van der Waals surface area contributed by atoms with Crippen molar-refractivity contribution in [2.75, 3.05) is 13.2 Å². The highest BCUT2D eigenvalue weighted by atomic mass is 16.5. The maximum atomic E-state index is 12.1.